The van der Waals surface area contributed by atoms with E-state index in [4.69, 9.17) is 0 Å². The molecule has 1 heterocycles. The summed E-state index contributed by atoms with van der Waals surface area (Å²) in [7, 11) is 0. The number of thioether (sulfide) groups is 1. The summed E-state index contributed by atoms with van der Waals surface area (Å²) >= 11 is 1.83. The Morgan fingerprint density at radius 2 is 1.95 bits per heavy atom. The van der Waals surface area contributed by atoms with Crippen LogP contribution in [-0.4, -0.2) is 48.5 Å². The lowest BCUT2D eigenvalue weighted by molar-refractivity contribution is -0.132. The number of carbonyl (C=O) groups is 1. The summed E-state index contributed by atoms with van der Waals surface area (Å²) < 4.78 is 0. The van der Waals surface area contributed by atoms with Crippen molar-refractivity contribution in [3.8, 4) is 0 Å². The van der Waals surface area contributed by atoms with Gasteiger partial charge >= 0.3 is 0 Å². The number of halogens is 1. The maximum absolute atomic E-state index is 12.0. The quantitative estimate of drug-likeness (QED) is 0.734. The molecular weight excluding hydrogens is 280 g/mol. The molecule has 1 aliphatic carbocycles. The Hall–Kier alpha value is 0.0700. The highest BCUT2D eigenvalue weighted by Crippen LogP contribution is 2.28. The first-order valence-corrected chi connectivity index (χ1v) is 8.69. The Morgan fingerprint density at radius 3 is 2.53 bits per heavy atom. The van der Waals surface area contributed by atoms with E-state index in [1.165, 1.54) is 19.4 Å². The van der Waals surface area contributed by atoms with Gasteiger partial charge in [0.05, 0.1) is 0 Å². The van der Waals surface area contributed by atoms with E-state index >= 15 is 0 Å². The second-order valence-corrected chi connectivity index (χ2v) is 6.59. The molecule has 0 unspecified atom stereocenters. The van der Waals surface area contributed by atoms with Crippen LogP contribution in [0.2, 0.25) is 0 Å². The summed E-state index contributed by atoms with van der Waals surface area (Å²) in [6.07, 6.45) is 8.98. The van der Waals surface area contributed by atoms with Crippen LogP contribution in [-0.2, 0) is 4.79 Å². The fourth-order valence-electron chi connectivity index (χ4n) is 2.51. The van der Waals surface area contributed by atoms with Crippen LogP contribution in [0.5, 0.6) is 0 Å². The van der Waals surface area contributed by atoms with E-state index in [1.54, 1.807) is 0 Å². The van der Waals surface area contributed by atoms with Gasteiger partial charge in [-0.3, -0.25) is 4.79 Å². The molecule has 0 aromatic rings. The molecule has 1 saturated heterocycles. The molecule has 1 aliphatic heterocycles. The van der Waals surface area contributed by atoms with Crippen molar-refractivity contribution in [1.82, 2.24) is 10.2 Å². The molecule has 3 nitrogen and oxygen atoms in total. The Labute approximate surface area is 127 Å². The Kier molecular flexibility index (Phi) is 8.19. The van der Waals surface area contributed by atoms with Gasteiger partial charge in [0, 0.05) is 25.6 Å². The number of piperidine rings is 1. The minimum Gasteiger partial charge on any atom is -0.343 e. The van der Waals surface area contributed by atoms with Crippen molar-refractivity contribution in [2.24, 2.45) is 5.92 Å². The van der Waals surface area contributed by atoms with Crippen LogP contribution in [0.15, 0.2) is 0 Å². The Morgan fingerprint density at radius 1 is 1.26 bits per heavy atom. The second-order valence-electron chi connectivity index (χ2n) is 5.60. The molecule has 2 fully saturated rings. The molecule has 2 rings (SSSR count). The number of rotatable bonds is 7. The van der Waals surface area contributed by atoms with E-state index in [2.05, 4.69) is 16.5 Å². The topological polar surface area (TPSA) is 32.3 Å². The van der Waals surface area contributed by atoms with Gasteiger partial charge in [0.1, 0.15) is 0 Å². The van der Waals surface area contributed by atoms with Crippen LogP contribution in [0.25, 0.3) is 0 Å². The van der Waals surface area contributed by atoms with Crippen LogP contribution in [0, 0.1) is 5.92 Å². The summed E-state index contributed by atoms with van der Waals surface area (Å²) in [5, 5.41) is 3.65. The van der Waals surface area contributed by atoms with Gasteiger partial charge in [-0.1, -0.05) is 0 Å². The maximum Gasteiger partial charge on any atom is 0.222 e. The smallest absolute Gasteiger partial charge is 0.222 e. The van der Waals surface area contributed by atoms with Gasteiger partial charge in [0.25, 0.3) is 0 Å². The lowest BCUT2D eigenvalue weighted by Crippen LogP contribution is -2.45. The van der Waals surface area contributed by atoms with Crippen molar-refractivity contribution in [2.45, 2.75) is 44.6 Å². The monoisotopic (exact) mass is 306 g/mol. The zero-order chi connectivity index (χ0) is 12.8. The molecule has 0 radical (unpaired) electrons. The zero-order valence-corrected chi connectivity index (χ0v) is 13.5. The van der Waals surface area contributed by atoms with Gasteiger partial charge in [-0.2, -0.15) is 11.8 Å². The lowest BCUT2D eigenvalue weighted by Gasteiger charge is -2.32. The van der Waals surface area contributed by atoms with Crippen LogP contribution in [0.4, 0.5) is 0 Å². The summed E-state index contributed by atoms with van der Waals surface area (Å²) in [6, 6.07) is 0.654. The van der Waals surface area contributed by atoms with Crippen LogP contribution in [0.3, 0.4) is 0 Å². The highest BCUT2D eigenvalue weighted by Gasteiger charge is 2.25. The van der Waals surface area contributed by atoms with Gasteiger partial charge < -0.3 is 10.2 Å². The molecular formula is C14H27ClN2OS. The first-order chi connectivity index (χ1) is 8.79. The summed E-state index contributed by atoms with van der Waals surface area (Å²) in [5.41, 5.74) is 0. The molecule has 1 amide bonds. The molecule has 19 heavy (non-hydrogen) atoms. The largest absolute Gasteiger partial charge is 0.343 e. The standard InChI is InChI=1S/C14H26N2OS.ClH/c1-18-10-2-3-14(17)16-8-6-13(7-9-16)15-11-12-4-5-12;/h12-13,15H,2-11H2,1H3;1H. The first kappa shape index (κ1) is 17.1. The van der Waals surface area contributed by atoms with E-state index in [0.717, 1.165) is 50.4 Å². The molecule has 1 N–H and O–H groups in total. The number of hydrogen-bond acceptors (Lipinski definition) is 3. The number of hydrogen-bond donors (Lipinski definition) is 1. The van der Waals surface area contributed by atoms with E-state index in [-0.39, 0.29) is 12.4 Å². The predicted octanol–water partition coefficient (Wildman–Crippen LogP) is 2.54. The summed E-state index contributed by atoms with van der Waals surface area (Å²) in [5.74, 6) is 2.42. The third kappa shape index (κ3) is 6.37. The van der Waals surface area contributed by atoms with Crippen LogP contribution < -0.4 is 5.32 Å². The molecule has 0 bridgehead atoms. The molecule has 1 saturated carbocycles. The third-order valence-electron chi connectivity index (χ3n) is 3.98. The van der Waals surface area contributed by atoms with Crippen LogP contribution in [0.1, 0.15) is 38.5 Å². The van der Waals surface area contributed by atoms with Gasteiger partial charge in [-0.15, -0.1) is 12.4 Å². The van der Waals surface area contributed by atoms with E-state index in [9.17, 15) is 4.79 Å². The van der Waals surface area contributed by atoms with Crippen molar-refractivity contribution >= 4 is 30.1 Å². The summed E-state index contributed by atoms with van der Waals surface area (Å²) in [4.78, 5) is 14.0. The van der Waals surface area contributed by atoms with Crippen molar-refractivity contribution in [1.29, 1.82) is 0 Å². The fraction of sp³-hybridized carbons (Fsp3) is 0.929. The first-order valence-electron chi connectivity index (χ1n) is 7.29. The van der Waals surface area contributed by atoms with Crippen molar-refractivity contribution < 1.29 is 4.79 Å². The molecule has 2 aliphatic rings. The predicted molar refractivity (Wildman–Crippen MR) is 85.2 cm³/mol. The SMILES string of the molecule is CSCCCC(=O)N1CCC(NCC2CC2)CC1.Cl. The van der Waals surface area contributed by atoms with Gasteiger partial charge in [0.2, 0.25) is 5.91 Å². The van der Waals surface area contributed by atoms with Gasteiger partial charge in [-0.25, -0.2) is 0 Å². The average molecular weight is 307 g/mol. The minimum absolute atomic E-state index is 0. The number of likely N-dealkylation sites (tertiary alicyclic amines) is 1. The molecule has 5 heteroatoms. The van der Waals surface area contributed by atoms with E-state index in [0.29, 0.717) is 11.9 Å². The maximum atomic E-state index is 12.0. The van der Waals surface area contributed by atoms with Gasteiger partial charge in [-0.05, 0) is 56.6 Å². The highest BCUT2D eigenvalue weighted by molar-refractivity contribution is 7.98. The summed E-state index contributed by atoms with van der Waals surface area (Å²) in [6.45, 7) is 3.12. The average Bonchev–Trinajstić information content (AvgIpc) is 3.21. The molecule has 0 aromatic heterocycles. The minimum atomic E-state index is 0. The Bertz CT molecular complexity index is 266. The normalized spacial score (nSPS) is 20.2. The van der Waals surface area contributed by atoms with Crippen molar-refractivity contribution in [2.75, 3.05) is 31.6 Å². The van der Waals surface area contributed by atoms with E-state index in [1.807, 2.05) is 11.8 Å². The third-order valence-corrected chi connectivity index (χ3v) is 4.68. The Balaban J connectivity index is 0.00000180. The van der Waals surface area contributed by atoms with Gasteiger partial charge in [0.15, 0.2) is 0 Å². The number of nitrogens with zero attached hydrogens (tertiary/aromatic N) is 1. The molecule has 112 valence electrons. The zero-order valence-electron chi connectivity index (χ0n) is 11.9. The van der Waals surface area contributed by atoms with Crippen LogP contribution >= 0.6 is 24.2 Å². The fourth-order valence-corrected chi connectivity index (χ4v) is 2.95. The number of nitrogens with one attached hydrogen (secondary N) is 1. The molecule has 0 aromatic carbocycles. The molecule has 0 spiro atoms. The van der Waals surface area contributed by atoms with Crippen molar-refractivity contribution in [3.05, 3.63) is 0 Å². The molecule has 0 atom stereocenters. The number of amides is 1. The van der Waals surface area contributed by atoms with E-state index < -0.39 is 0 Å². The highest BCUT2D eigenvalue weighted by atomic mass is 35.5. The van der Waals surface area contributed by atoms with Crippen molar-refractivity contribution in [3.63, 3.8) is 0 Å². The lowest BCUT2D eigenvalue weighted by atomic mass is 10.0. The second kappa shape index (κ2) is 9.09. The number of carbonyl (C=O) groups excluding carboxylic acids is 1.